The van der Waals surface area contributed by atoms with Crippen molar-refractivity contribution in [3.8, 4) is 0 Å². The van der Waals surface area contributed by atoms with Gasteiger partial charge in [0.15, 0.2) is 0 Å². The number of hydrazine groups is 1. The molecule has 0 unspecified atom stereocenters. The first-order valence-electron chi connectivity index (χ1n) is 4.33. The van der Waals surface area contributed by atoms with Crippen molar-refractivity contribution in [2.45, 2.75) is 6.92 Å². The smallest absolute Gasteiger partial charge is 0.279 e. The van der Waals surface area contributed by atoms with Crippen molar-refractivity contribution < 1.29 is 14.6 Å². The summed E-state index contributed by atoms with van der Waals surface area (Å²) in [7, 11) is 0. The maximum Gasteiger partial charge on any atom is 0.279 e. The van der Waals surface area contributed by atoms with Gasteiger partial charge in [-0.15, -0.1) is 0 Å². The fraction of sp³-hybridized carbons (Fsp3) is 0.125. The van der Waals surface area contributed by atoms with Crippen LogP contribution in [0.1, 0.15) is 15.9 Å². The number of nitro benzene ring substituents is 2. The number of nitrogens with two attached hydrogens (primary N) is 1. The summed E-state index contributed by atoms with van der Waals surface area (Å²) in [5.74, 6) is 4.02. The zero-order valence-corrected chi connectivity index (χ0v) is 8.67. The number of nitro groups is 2. The summed E-state index contributed by atoms with van der Waals surface area (Å²) in [5.41, 5.74) is 0.388. The molecule has 0 saturated carbocycles. The highest BCUT2D eigenvalue weighted by Gasteiger charge is 2.24. The van der Waals surface area contributed by atoms with E-state index in [1.165, 1.54) is 6.92 Å². The van der Waals surface area contributed by atoms with Gasteiger partial charge in [-0.3, -0.25) is 30.4 Å². The molecule has 0 spiro atoms. The highest BCUT2D eigenvalue weighted by atomic mass is 16.6. The highest BCUT2D eigenvalue weighted by Crippen LogP contribution is 2.29. The molecule has 1 aromatic rings. The molecule has 17 heavy (non-hydrogen) atoms. The van der Waals surface area contributed by atoms with Crippen LogP contribution in [0.4, 0.5) is 11.4 Å². The molecule has 0 atom stereocenters. The Labute approximate surface area is 94.5 Å². The first kappa shape index (κ1) is 12.5. The number of hydrogen-bond acceptors (Lipinski definition) is 6. The molecule has 0 aliphatic rings. The second-order valence-corrected chi connectivity index (χ2v) is 3.13. The maximum absolute atomic E-state index is 11.2. The molecule has 0 bridgehead atoms. The Morgan fingerprint density at radius 2 is 1.65 bits per heavy atom. The minimum Gasteiger partial charge on any atom is -0.290 e. The molecule has 0 fully saturated rings. The molecule has 1 rings (SSSR count). The number of amides is 1. The normalized spacial score (nSPS) is 9.76. The molecule has 0 heterocycles. The van der Waals surface area contributed by atoms with Crippen LogP contribution >= 0.6 is 0 Å². The van der Waals surface area contributed by atoms with Crippen LogP contribution in [0.2, 0.25) is 0 Å². The van der Waals surface area contributed by atoms with Crippen LogP contribution in [0, 0.1) is 27.2 Å². The Kier molecular flexibility index (Phi) is 3.34. The van der Waals surface area contributed by atoms with Gasteiger partial charge in [-0.05, 0) is 6.92 Å². The molecule has 3 N–H and O–H groups in total. The predicted molar refractivity (Wildman–Crippen MR) is 56.1 cm³/mol. The number of nitrogen functional groups attached to an aromatic ring is 1. The van der Waals surface area contributed by atoms with Gasteiger partial charge in [0.2, 0.25) is 0 Å². The van der Waals surface area contributed by atoms with Gasteiger partial charge in [0.25, 0.3) is 17.3 Å². The Morgan fingerprint density at radius 3 is 1.94 bits per heavy atom. The van der Waals surface area contributed by atoms with Crippen molar-refractivity contribution in [1.82, 2.24) is 5.43 Å². The maximum atomic E-state index is 11.2. The summed E-state index contributed by atoms with van der Waals surface area (Å²) in [4.78, 5) is 31.0. The Bertz CT molecular complexity index is 478. The highest BCUT2D eigenvalue weighted by molar-refractivity contribution is 5.95. The lowest BCUT2D eigenvalue weighted by atomic mass is 10.1. The molecule has 90 valence electrons. The molecule has 9 nitrogen and oxygen atoms in total. The summed E-state index contributed by atoms with van der Waals surface area (Å²) in [6.07, 6.45) is 0. The van der Waals surface area contributed by atoms with Gasteiger partial charge in [-0.25, -0.2) is 5.84 Å². The first-order chi connectivity index (χ1) is 7.88. The minimum absolute atomic E-state index is 0.117. The van der Waals surface area contributed by atoms with Gasteiger partial charge in [-0.2, -0.15) is 0 Å². The lowest BCUT2D eigenvalue weighted by Crippen LogP contribution is -2.30. The predicted octanol–water partition coefficient (Wildman–Crippen LogP) is 0.415. The van der Waals surface area contributed by atoms with Gasteiger partial charge in [0, 0.05) is 12.1 Å². The van der Waals surface area contributed by atoms with E-state index in [0.717, 1.165) is 12.1 Å². The lowest BCUT2D eigenvalue weighted by molar-refractivity contribution is -0.395. The number of carbonyl (C=O) groups is 1. The number of rotatable bonds is 3. The molecule has 0 aromatic heterocycles. The zero-order valence-electron chi connectivity index (χ0n) is 8.67. The molecule has 9 heteroatoms. The summed E-state index contributed by atoms with van der Waals surface area (Å²) in [6, 6.07) is 1.87. The van der Waals surface area contributed by atoms with Crippen molar-refractivity contribution in [3.63, 3.8) is 0 Å². The van der Waals surface area contributed by atoms with Crippen LogP contribution in [0.15, 0.2) is 12.1 Å². The van der Waals surface area contributed by atoms with Gasteiger partial charge in [0.05, 0.1) is 15.4 Å². The SMILES string of the molecule is Cc1c([N+](=O)[O-])cc(C(=O)NN)cc1[N+](=O)[O-]. The quantitative estimate of drug-likeness (QED) is 0.339. The van der Waals surface area contributed by atoms with Gasteiger partial charge < -0.3 is 0 Å². The van der Waals surface area contributed by atoms with Crippen molar-refractivity contribution in [2.24, 2.45) is 5.84 Å². The Morgan fingerprint density at radius 1 is 1.24 bits per heavy atom. The van der Waals surface area contributed by atoms with Gasteiger partial charge >= 0.3 is 0 Å². The van der Waals surface area contributed by atoms with E-state index in [0.29, 0.717) is 0 Å². The molecule has 1 amide bonds. The van der Waals surface area contributed by atoms with Crippen molar-refractivity contribution in [3.05, 3.63) is 43.5 Å². The number of carbonyl (C=O) groups excluding carboxylic acids is 1. The zero-order chi connectivity index (χ0) is 13.2. The van der Waals surface area contributed by atoms with Crippen molar-refractivity contribution in [2.75, 3.05) is 0 Å². The van der Waals surface area contributed by atoms with E-state index in [1.54, 1.807) is 5.43 Å². The third-order valence-electron chi connectivity index (χ3n) is 2.14. The van der Waals surface area contributed by atoms with Gasteiger partial charge in [0.1, 0.15) is 5.56 Å². The van der Waals surface area contributed by atoms with Gasteiger partial charge in [-0.1, -0.05) is 0 Å². The van der Waals surface area contributed by atoms with E-state index < -0.39 is 27.1 Å². The fourth-order valence-corrected chi connectivity index (χ4v) is 1.28. The Hall–Kier alpha value is -2.55. The largest absolute Gasteiger partial charge is 0.290 e. The molecule has 0 saturated heterocycles. The van der Waals surface area contributed by atoms with Crippen LogP contribution in [0.25, 0.3) is 0 Å². The first-order valence-corrected chi connectivity index (χ1v) is 4.33. The van der Waals surface area contributed by atoms with Crippen molar-refractivity contribution in [1.29, 1.82) is 0 Å². The van der Waals surface area contributed by atoms with E-state index in [-0.39, 0.29) is 11.1 Å². The fourth-order valence-electron chi connectivity index (χ4n) is 1.28. The van der Waals surface area contributed by atoms with E-state index in [4.69, 9.17) is 5.84 Å². The third-order valence-corrected chi connectivity index (χ3v) is 2.14. The summed E-state index contributed by atoms with van der Waals surface area (Å²) < 4.78 is 0. The van der Waals surface area contributed by atoms with E-state index in [2.05, 4.69) is 0 Å². The van der Waals surface area contributed by atoms with Crippen molar-refractivity contribution >= 4 is 17.3 Å². The average Bonchev–Trinajstić information content (AvgIpc) is 2.27. The summed E-state index contributed by atoms with van der Waals surface area (Å²) >= 11 is 0. The average molecular weight is 240 g/mol. The van der Waals surface area contributed by atoms with E-state index >= 15 is 0 Å². The van der Waals surface area contributed by atoms with Crippen LogP contribution < -0.4 is 11.3 Å². The van der Waals surface area contributed by atoms with Crippen LogP contribution in [0.3, 0.4) is 0 Å². The van der Waals surface area contributed by atoms with E-state index in [9.17, 15) is 25.0 Å². The number of hydrogen-bond donors (Lipinski definition) is 2. The van der Waals surface area contributed by atoms with Crippen LogP contribution in [-0.4, -0.2) is 15.8 Å². The Balaban J connectivity index is 3.52. The second kappa shape index (κ2) is 4.53. The topological polar surface area (TPSA) is 141 Å². The molecule has 0 aliphatic heterocycles. The second-order valence-electron chi connectivity index (χ2n) is 3.13. The number of benzene rings is 1. The van der Waals surface area contributed by atoms with Crippen LogP contribution in [-0.2, 0) is 0 Å². The lowest BCUT2D eigenvalue weighted by Gasteiger charge is -2.03. The number of nitrogens with zero attached hydrogens (tertiary/aromatic N) is 2. The molecular formula is C8H8N4O5. The standard InChI is InChI=1S/C8H8N4O5/c1-4-6(11(14)15)2-5(8(13)10-9)3-7(4)12(16)17/h2-3H,9H2,1H3,(H,10,13). The summed E-state index contributed by atoms with van der Waals surface area (Å²) in [6.45, 7) is 1.24. The molecule has 0 radical (unpaired) electrons. The third kappa shape index (κ3) is 2.34. The minimum atomic E-state index is -0.837. The molecule has 1 aromatic carbocycles. The monoisotopic (exact) mass is 240 g/mol. The van der Waals surface area contributed by atoms with E-state index in [1.807, 2.05) is 0 Å². The van der Waals surface area contributed by atoms with Crippen LogP contribution in [0.5, 0.6) is 0 Å². The number of nitrogens with one attached hydrogen (secondary N) is 1. The molecule has 0 aliphatic carbocycles. The summed E-state index contributed by atoms with van der Waals surface area (Å²) in [5, 5.41) is 21.4. The molecular weight excluding hydrogens is 232 g/mol.